The van der Waals surface area contributed by atoms with Gasteiger partial charge in [0.15, 0.2) is 12.3 Å². The highest BCUT2D eigenvalue weighted by molar-refractivity contribution is 6.07. The molecule has 0 spiro atoms. The number of carboxylic acids is 2. The highest BCUT2D eigenvalue weighted by Crippen LogP contribution is 2.51. The van der Waals surface area contributed by atoms with E-state index in [2.05, 4.69) is 110 Å². The summed E-state index contributed by atoms with van der Waals surface area (Å²) >= 11 is 0. The first-order valence-corrected chi connectivity index (χ1v) is 16.1. The van der Waals surface area contributed by atoms with Gasteiger partial charge in [0.2, 0.25) is 5.69 Å². The summed E-state index contributed by atoms with van der Waals surface area (Å²) in [5.41, 5.74) is 6.06. The molecule has 0 bridgehead atoms. The summed E-state index contributed by atoms with van der Waals surface area (Å²) in [6.45, 7) is 9.61. The standard InChI is InChI=1S/C41H40N2O4.BrH/c1-40(2)34(42(26-24-36(44)45)32-22-20-28-14-10-12-16-30(28)38(32)40)18-8-6-5-7-9-19-35-41(3,4)39-31-17-13-11-15-29(31)21-23-33(39)43(35)27-25-37(46)47;/h5-23H,24-27H2,1-4H3,(H-,44,45,46,47);1H. The highest BCUT2D eigenvalue weighted by atomic mass is 79.9. The quantitative estimate of drug-likeness (QED) is 0.164. The Morgan fingerprint density at radius 1 is 0.708 bits per heavy atom. The number of carbonyl (C=O) groups is 2. The lowest BCUT2D eigenvalue weighted by Crippen LogP contribution is -3.00. The lowest BCUT2D eigenvalue weighted by Gasteiger charge is -2.26. The number of nitrogens with zero attached hydrogens (tertiary/aromatic N) is 2. The Morgan fingerprint density at radius 3 is 1.96 bits per heavy atom. The second-order valence-corrected chi connectivity index (χ2v) is 13.3. The van der Waals surface area contributed by atoms with E-state index in [4.69, 9.17) is 0 Å². The zero-order valence-corrected chi connectivity index (χ0v) is 29.4. The van der Waals surface area contributed by atoms with Crippen molar-refractivity contribution in [3.8, 4) is 0 Å². The fraction of sp³-hybridized carbons (Fsp3) is 0.244. The van der Waals surface area contributed by atoms with Gasteiger partial charge in [-0.25, -0.2) is 0 Å². The number of allylic oxidation sites excluding steroid dienone is 8. The molecular weight excluding hydrogens is 664 g/mol. The van der Waals surface area contributed by atoms with Gasteiger partial charge in [-0.15, -0.1) is 0 Å². The van der Waals surface area contributed by atoms with E-state index in [0.29, 0.717) is 13.1 Å². The number of benzene rings is 4. The van der Waals surface area contributed by atoms with Crippen LogP contribution in [0.1, 0.15) is 51.7 Å². The smallest absolute Gasteiger partial charge is 0.309 e. The summed E-state index contributed by atoms with van der Waals surface area (Å²) < 4.78 is 2.15. The van der Waals surface area contributed by atoms with Crippen LogP contribution in [0.3, 0.4) is 0 Å². The van der Waals surface area contributed by atoms with Crippen molar-refractivity contribution in [2.24, 2.45) is 0 Å². The van der Waals surface area contributed by atoms with Crippen molar-refractivity contribution < 1.29 is 41.4 Å². The molecule has 2 heterocycles. The molecule has 48 heavy (non-hydrogen) atoms. The number of fused-ring (bicyclic) bond motifs is 6. The number of aliphatic carboxylic acids is 2. The summed E-state index contributed by atoms with van der Waals surface area (Å²) in [6, 6.07) is 25.2. The van der Waals surface area contributed by atoms with Crippen molar-refractivity contribution in [1.82, 2.24) is 0 Å². The Balaban J connectivity index is 0.00000451. The van der Waals surface area contributed by atoms with Crippen LogP contribution < -0.4 is 21.9 Å². The maximum Gasteiger partial charge on any atom is 0.309 e. The molecule has 4 aromatic rings. The van der Waals surface area contributed by atoms with Gasteiger partial charge in [0.05, 0.1) is 11.8 Å². The van der Waals surface area contributed by atoms with Crippen LogP contribution in [-0.4, -0.2) is 45.5 Å². The van der Waals surface area contributed by atoms with Gasteiger partial charge >= 0.3 is 11.9 Å². The molecule has 6 rings (SSSR count). The molecule has 2 aliphatic rings. The van der Waals surface area contributed by atoms with Gasteiger partial charge in [-0.05, 0) is 59.2 Å². The van der Waals surface area contributed by atoms with Crippen LogP contribution in [-0.2, 0) is 20.4 Å². The molecule has 0 fully saturated rings. The molecule has 0 saturated heterocycles. The van der Waals surface area contributed by atoms with Crippen LogP contribution in [0.25, 0.3) is 21.5 Å². The molecule has 0 aromatic heterocycles. The van der Waals surface area contributed by atoms with Gasteiger partial charge in [0.1, 0.15) is 6.42 Å². The van der Waals surface area contributed by atoms with Gasteiger partial charge in [-0.2, -0.15) is 4.58 Å². The predicted octanol–water partition coefficient (Wildman–Crippen LogP) is 5.67. The lowest BCUT2D eigenvalue weighted by atomic mass is 9.79. The maximum absolute atomic E-state index is 11.5. The molecule has 246 valence electrons. The summed E-state index contributed by atoms with van der Waals surface area (Å²) in [6.07, 6.45) is 14.3. The van der Waals surface area contributed by atoms with E-state index in [-0.39, 0.29) is 40.7 Å². The van der Waals surface area contributed by atoms with Gasteiger partial charge in [-0.3, -0.25) is 9.59 Å². The van der Waals surface area contributed by atoms with Crippen LogP contribution in [0, 0.1) is 0 Å². The number of anilines is 1. The van der Waals surface area contributed by atoms with Gasteiger partial charge in [0.25, 0.3) is 0 Å². The maximum atomic E-state index is 11.5. The molecular formula is C41H41BrN2O4. The van der Waals surface area contributed by atoms with Crippen LogP contribution in [0.15, 0.2) is 121 Å². The van der Waals surface area contributed by atoms with E-state index in [9.17, 15) is 19.8 Å². The molecule has 0 aliphatic carbocycles. The summed E-state index contributed by atoms with van der Waals surface area (Å²) in [5, 5.41) is 23.7. The normalized spacial score (nSPS) is 17.2. The van der Waals surface area contributed by atoms with Gasteiger partial charge in [0, 0.05) is 41.1 Å². The third-order valence-corrected chi connectivity index (χ3v) is 9.56. The third kappa shape index (κ3) is 6.27. The summed E-state index contributed by atoms with van der Waals surface area (Å²) in [5.74, 6) is -1.63. The monoisotopic (exact) mass is 704 g/mol. The van der Waals surface area contributed by atoms with E-state index in [1.807, 2.05) is 42.5 Å². The Labute approximate surface area is 292 Å². The number of hydrogen-bond donors (Lipinski definition) is 2. The number of rotatable bonds is 10. The van der Waals surface area contributed by atoms with Crippen LogP contribution in [0.4, 0.5) is 11.4 Å². The topological polar surface area (TPSA) is 80.9 Å². The summed E-state index contributed by atoms with van der Waals surface area (Å²) in [7, 11) is 0. The molecule has 6 nitrogen and oxygen atoms in total. The van der Waals surface area contributed by atoms with Crippen molar-refractivity contribution in [2.45, 2.75) is 51.4 Å². The molecule has 2 aliphatic heterocycles. The number of carboxylic acid groups (broad SMARTS) is 2. The number of halogens is 1. The van der Waals surface area contributed by atoms with Gasteiger partial charge in [-0.1, -0.05) is 98.8 Å². The van der Waals surface area contributed by atoms with E-state index in [0.717, 1.165) is 22.8 Å². The van der Waals surface area contributed by atoms with E-state index in [1.165, 1.54) is 32.7 Å². The minimum absolute atomic E-state index is 0. The SMILES string of the molecule is CC1(C)C(/C=C/C=C/C=C/C=C2/N(CCC(=O)O)c3ccc4ccccc4c3C2(C)C)=[N+](CCC(=O)O)c2ccc3ccccc3c21.[Br-]. The van der Waals surface area contributed by atoms with Crippen molar-refractivity contribution in [3.63, 3.8) is 0 Å². The molecule has 7 heteroatoms. The molecule has 0 unspecified atom stereocenters. The van der Waals surface area contributed by atoms with Crippen LogP contribution >= 0.6 is 0 Å². The van der Waals surface area contributed by atoms with Crippen molar-refractivity contribution in [2.75, 3.05) is 18.0 Å². The Kier molecular flexibility index (Phi) is 9.92. The second-order valence-electron chi connectivity index (χ2n) is 13.3. The first-order valence-electron chi connectivity index (χ1n) is 16.1. The second kappa shape index (κ2) is 13.8. The van der Waals surface area contributed by atoms with E-state index < -0.39 is 11.9 Å². The largest absolute Gasteiger partial charge is 1.00 e. The van der Waals surface area contributed by atoms with Gasteiger partial charge < -0.3 is 32.1 Å². The van der Waals surface area contributed by atoms with E-state index >= 15 is 0 Å². The number of hydrogen-bond acceptors (Lipinski definition) is 3. The van der Waals surface area contributed by atoms with Crippen LogP contribution in [0.2, 0.25) is 0 Å². The average Bonchev–Trinajstić information content (AvgIpc) is 3.40. The molecule has 2 N–H and O–H groups in total. The Morgan fingerprint density at radius 2 is 1.29 bits per heavy atom. The Hall–Kier alpha value is -4.75. The molecule has 0 saturated carbocycles. The molecule has 0 atom stereocenters. The van der Waals surface area contributed by atoms with Crippen molar-refractivity contribution >= 4 is 50.6 Å². The predicted molar refractivity (Wildman–Crippen MR) is 191 cm³/mol. The first-order chi connectivity index (χ1) is 22.5. The van der Waals surface area contributed by atoms with Crippen molar-refractivity contribution in [3.05, 3.63) is 132 Å². The molecule has 0 amide bonds. The minimum atomic E-state index is -0.817. The lowest BCUT2D eigenvalue weighted by molar-refractivity contribution is -0.436. The summed E-state index contributed by atoms with van der Waals surface area (Å²) in [4.78, 5) is 25.2. The average molecular weight is 706 g/mol. The van der Waals surface area contributed by atoms with Crippen molar-refractivity contribution in [1.29, 1.82) is 0 Å². The first kappa shape index (κ1) is 34.6. The third-order valence-electron chi connectivity index (χ3n) is 9.56. The van der Waals surface area contributed by atoms with E-state index in [1.54, 1.807) is 0 Å². The zero-order valence-electron chi connectivity index (χ0n) is 27.8. The minimum Gasteiger partial charge on any atom is -1.00 e. The fourth-order valence-electron chi connectivity index (χ4n) is 7.45. The zero-order chi connectivity index (χ0) is 33.3. The fourth-order valence-corrected chi connectivity index (χ4v) is 7.45. The Bertz CT molecular complexity index is 2070. The highest BCUT2D eigenvalue weighted by Gasteiger charge is 2.45. The molecule has 0 radical (unpaired) electrons. The van der Waals surface area contributed by atoms with Crippen LogP contribution in [0.5, 0.6) is 0 Å². The molecule has 4 aromatic carbocycles.